The Hall–Kier alpha value is -3.04. The summed E-state index contributed by atoms with van der Waals surface area (Å²) in [5.41, 5.74) is 6.19. The summed E-state index contributed by atoms with van der Waals surface area (Å²) < 4.78 is 3.68. The van der Waals surface area contributed by atoms with E-state index < -0.39 is 0 Å². The largest absolute Gasteiger partial charge is 0.331 e. The standard InChI is InChI=1S/C27H21N2S2/c1-28-24(30-22-16-14-18-8-3-5-10-20(18)26(22)28)12-7-13-25-29(2)27-21-11-6-4-9-19(21)15-17-23(27)31-25/h3-11,14-17H,12H2,1-2H3/q+1. The molecule has 2 nitrogen and oxygen atoms in total. The maximum Gasteiger partial charge on any atom is 0.242 e. The number of hydrogen-bond donors (Lipinski definition) is 0. The molecule has 0 bridgehead atoms. The molecular weight excluding hydrogens is 416 g/mol. The zero-order valence-electron chi connectivity index (χ0n) is 17.4. The second kappa shape index (κ2) is 7.28. The van der Waals surface area contributed by atoms with Crippen LogP contribution in [-0.2, 0) is 13.5 Å². The van der Waals surface area contributed by atoms with Crippen molar-refractivity contribution in [2.75, 3.05) is 11.9 Å². The van der Waals surface area contributed by atoms with Crippen molar-refractivity contribution >= 4 is 60.5 Å². The van der Waals surface area contributed by atoms with Crippen LogP contribution >= 0.6 is 23.1 Å². The van der Waals surface area contributed by atoms with E-state index in [-0.39, 0.29) is 0 Å². The van der Waals surface area contributed by atoms with Gasteiger partial charge in [0.1, 0.15) is 16.8 Å². The number of aromatic nitrogens is 1. The lowest BCUT2D eigenvalue weighted by atomic mass is 10.1. The van der Waals surface area contributed by atoms with Crippen LogP contribution in [0.3, 0.4) is 0 Å². The predicted octanol–water partition coefficient (Wildman–Crippen LogP) is 6.81. The molecule has 0 saturated heterocycles. The van der Waals surface area contributed by atoms with E-state index in [0.717, 1.165) is 11.4 Å². The van der Waals surface area contributed by atoms with Gasteiger partial charge in [0.15, 0.2) is 0 Å². The summed E-state index contributed by atoms with van der Waals surface area (Å²) in [6.07, 6.45) is 3.05. The summed E-state index contributed by atoms with van der Waals surface area (Å²) in [5.74, 6) is 0. The van der Waals surface area contributed by atoms with Crippen molar-refractivity contribution in [3.05, 3.63) is 94.6 Å². The fourth-order valence-electron chi connectivity index (χ4n) is 4.45. The SMILES string of the molecule is CN1C(=C=CCc2sc3ccc4ccccc4c3[n+]2C)Sc2ccc3ccccc3c21. The average Bonchev–Trinajstić information content (AvgIpc) is 3.31. The Balaban J connectivity index is 1.36. The van der Waals surface area contributed by atoms with Gasteiger partial charge in [-0.25, -0.2) is 0 Å². The smallest absolute Gasteiger partial charge is 0.242 e. The first-order chi connectivity index (χ1) is 15.2. The first-order valence-corrected chi connectivity index (χ1v) is 12.0. The third-order valence-corrected chi connectivity index (χ3v) is 8.37. The van der Waals surface area contributed by atoms with Gasteiger partial charge in [-0.05, 0) is 35.0 Å². The van der Waals surface area contributed by atoms with E-state index in [1.54, 1.807) is 11.8 Å². The molecule has 0 atom stereocenters. The van der Waals surface area contributed by atoms with Gasteiger partial charge >= 0.3 is 0 Å². The van der Waals surface area contributed by atoms with Crippen LogP contribution in [0.4, 0.5) is 5.69 Å². The van der Waals surface area contributed by atoms with Crippen molar-refractivity contribution in [1.82, 2.24) is 0 Å². The van der Waals surface area contributed by atoms with Gasteiger partial charge in [-0.15, -0.1) is 0 Å². The molecule has 0 N–H and O–H groups in total. The molecule has 1 aliphatic heterocycles. The molecule has 6 rings (SSSR count). The lowest BCUT2D eigenvalue weighted by molar-refractivity contribution is -0.646. The Labute approximate surface area is 189 Å². The Kier molecular flexibility index (Phi) is 4.39. The predicted molar refractivity (Wildman–Crippen MR) is 134 cm³/mol. The molecule has 150 valence electrons. The number of benzene rings is 4. The number of fused-ring (bicyclic) bond motifs is 6. The second-order valence-electron chi connectivity index (χ2n) is 7.84. The Morgan fingerprint density at radius 3 is 2.45 bits per heavy atom. The zero-order valence-corrected chi connectivity index (χ0v) is 19.1. The molecule has 0 amide bonds. The maximum absolute atomic E-state index is 3.57. The molecule has 31 heavy (non-hydrogen) atoms. The van der Waals surface area contributed by atoms with Crippen LogP contribution in [0.1, 0.15) is 5.01 Å². The maximum atomic E-state index is 3.57. The lowest BCUT2D eigenvalue weighted by Crippen LogP contribution is -2.30. The molecule has 5 aromatic rings. The van der Waals surface area contributed by atoms with Crippen molar-refractivity contribution in [2.24, 2.45) is 7.05 Å². The van der Waals surface area contributed by atoms with Crippen LogP contribution in [0.2, 0.25) is 0 Å². The Morgan fingerprint density at radius 1 is 0.903 bits per heavy atom. The van der Waals surface area contributed by atoms with Crippen LogP contribution < -0.4 is 9.47 Å². The summed E-state index contributed by atoms with van der Waals surface area (Å²) in [4.78, 5) is 3.58. The summed E-state index contributed by atoms with van der Waals surface area (Å²) in [7, 11) is 4.33. The number of nitrogens with zero attached hydrogens (tertiary/aromatic N) is 2. The highest BCUT2D eigenvalue weighted by atomic mass is 32.2. The average molecular weight is 438 g/mol. The number of thioether (sulfide) groups is 1. The second-order valence-corrected chi connectivity index (χ2v) is 9.99. The van der Waals surface area contributed by atoms with Gasteiger partial charge in [-0.3, -0.25) is 0 Å². The molecule has 0 radical (unpaired) electrons. The van der Waals surface area contributed by atoms with Gasteiger partial charge in [-0.2, -0.15) is 4.57 Å². The zero-order chi connectivity index (χ0) is 20.9. The van der Waals surface area contributed by atoms with E-state index >= 15 is 0 Å². The topological polar surface area (TPSA) is 7.12 Å². The third-order valence-electron chi connectivity index (χ3n) is 6.01. The van der Waals surface area contributed by atoms with Crippen molar-refractivity contribution < 1.29 is 4.57 Å². The van der Waals surface area contributed by atoms with Crippen molar-refractivity contribution in [3.8, 4) is 0 Å². The number of allylic oxidation sites excluding steroid dienone is 1. The molecule has 1 aromatic heterocycles. The number of hydrogen-bond acceptors (Lipinski definition) is 3. The van der Waals surface area contributed by atoms with E-state index in [9.17, 15) is 0 Å². The highest BCUT2D eigenvalue weighted by molar-refractivity contribution is 8.03. The van der Waals surface area contributed by atoms with Crippen molar-refractivity contribution in [3.63, 3.8) is 0 Å². The van der Waals surface area contributed by atoms with Crippen LogP contribution in [0, 0.1) is 0 Å². The molecule has 0 unspecified atom stereocenters. The molecule has 1 aliphatic rings. The normalized spacial score (nSPS) is 13.2. The summed E-state index contributed by atoms with van der Waals surface area (Å²) in [5, 5.41) is 7.69. The van der Waals surface area contributed by atoms with E-state index in [1.807, 2.05) is 11.3 Å². The Bertz CT molecular complexity index is 1550. The number of thiazole rings is 1. The Morgan fingerprint density at radius 2 is 1.61 bits per heavy atom. The highest BCUT2D eigenvalue weighted by Gasteiger charge is 2.24. The number of anilines is 1. The van der Waals surface area contributed by atoms with E-state index in [1.165, 1.54) is 47.4 Å². The molecular formula is C27H21N2S2+. The fraction of sp³-hybridized carbons (Fsp3) is 0.111. The van der Waals surface area contributed by atoms with Gasteiger partial charge in [0.05, 0.1) is 17.5 Å². The molecule has 2 heterocycles. The molecule has 4 aromatic carbocycles. The van der Waals surface area contributed by atoms with E-state index in [0.29, 0.717) is 0 Å². The monoisotopic (exact) mass is 437 g/mol. The molecule has 0 aliphatic carbocycles. The first kappa shape index (κ1) is 18.7. The van der Waals surface area contributed by atoms with Gasteiger partial charge < -0.3 is 4.90 Å². The molecule has 0 spiro atoms. The van der Waals surface area contributed by atoms with Gasteiger partial charge in [-0.1, -0.05) is 83.4 Å². The van der Waals surface area contributed by atoms with Gasteiger partial charge in [0, 0.05) is 17.3 Å². The van der Waals surface area contributed by atoms with Crippen LogP contribution in [0.15, 0.2) is 94.5 Å². The molecule has 0 fully saturated rings. The van der Waals surface area contributed by atoms with Gasteiger partial charge in [0.2, 0.25) is 10.5 Å². The number of aryl methyl sites for hydroxylation is 1. The summed E-state index contributed by atoms with van der Waals surface area (Å²) in [6, 6.07) is 26.1. The summed E-state index contributed by atoms with van der Waals surface area (Å²) in [6.45, 7) is 0. The fourth-order valence-corrected chi connectivity index (χ4v) is 6.64. The van der Waals surface area contributed by atoms with Crippen LogP contribution in [0.25, 0.3) is 31.8 Å². The quantitative estimate of drug-likeness (QED) is 0.221. The van der Waals surface area contributed by atoms with Crippen molar-refractivity contribution in [2.45, 2.75) is 11.3 Å². The third kappa shape index (κ3) is 2.99. The molecule has 4 heteroatoms. The summed E-state index contributed by atoms with van der Waals surface area (Å²) >= 11 is 3.68. The first-order valence-electron chi connectivity index (χ1n) is 10.4. The minimum absolute atomic E-state index is 0.874. The highest BCUT2D eigenvalue weighted by Crippen LogP contribution is 2.48. The van der Waals surface area contributed by atoms with Crippen LogP contribution in [-0.4, -0.2) is 7.05 Å². The lowest BCUT2D eigenvalue weighted by Gasteiger charge is -2.14. The van der Waals surface area contributed by atoms with Crippen LogP contribution in [0.5, 0.6) is 0 Å². The minimum atomic E-state index is 0.874. The number of rotatable bonds is 2. The van der Waals surface area contributed by atoms with E-state index in [4.69, 9.17) is 0 Å². The van der Waals surface area contributed by atoms with E-state index in [2.05, 4.69) is 108 Å². The molecule has 0 saturated carbocycles. The van der Waals surface area contributed by atoms with Gasteiger partial charge in [0.25, 0.3) is 0 Å². The van der Waals surface area contributed by atoms with Crippen molar-refractivity contribution in [1.29, 1.82) is 0 Å². The minimum Gasteiger partial charge on any atom is -0.331 e.